The molecule has 4 nitrogen and oxygen atoms in total. The van der Waals surface area contributed by atoms with Gasteiger partial charge in [0.1, 0.15) is 12.7 Å². The summed E-state index contributed by atoms with van der Waals surface area (Å²) in [5.74, 6) is 0.128. The second-order valence-corrected chi connectivity index (χ2v) is 3.72. The second kappa shape index (κ2) is 4.70. The number of aromatic nitrogens is 3. The van der Waals surface area contributed by atoms with Gasteiger partial charge in [0.05, 0.1) is 6.04 Å². The molecule has 0 saturated heterocycles. The first-order chi connectivity index (χ1) is 7.77. The van der Waals surface area contributed by atoms with Crippen LogP contribution < -0.4 is 0 Å². The zero-order chi connectivity index (χ0) is 11.4. The summed E-state index contributed by atoms with van der Waals surface area (Å²) in [5, 5.41) is 4.02. The second-order valence-electron chi connectivity index (χ2n) is 3.72. The summed E-state index contributed by atoms with van der Waals surface area (Å²) in [6.45, 7) is 1.95. The number of rotatable bonds is 4. The molecule has 82 valence electrons. The van der Waals surface area contributed by atoms with Gasteiger partial charge in [0.25, 0.3) is 0 Å². The molecule has 0 aliphatic rings. The van der Waals surface area contributed by atoms with Gasteiger partial charge in [-0.25, -0.2) is 9.67 Å². The lowest BCUT2D eigenvalue weighted by Gasteiger charge is -2.10. The van der Waals surface area contributed by atoms with Crippen molar-refractivity contribution < 1.29 is 4.79 Å². The van der Waals surface area contributed by atoms with Crippen molar-refractivity contribution in [1.82, 2.24) is 14.8 Å². The average Bonchev–Trinajstić information content (AvgIpc) is 2.83. The third-order valence-corrected chi connectivity index (χ3v) is 2.46. The molecule has 4 heteroatoms. The molecule has 1 unspecified atom stereocenters. The maximum Gasteiger partial charge on any atom is 0.164 e. The minimum Gasteiger partial charge on any atom is -0.294 e. The van der Waals surface area contributed by atoms with Gasteiger partial charge in [-0.1, -0.05) is 30.3 Å². The van der Waals surface area contributed by atoms with E-state index in [9.17, 15) is 4.79 Å². The number of nitrogens with zero attached hydrogens (tertiary/aromatic N) is 3. The smallest absolute Gasteiger partial charge is 0.164 e. The first kappa shape index (κ1) is 10.5. The Bertz CT molecular complexity index is 450. The van der Waals surface area contributed by atoms with Crippen LogP contribution in [0.2, 0.25) is 0 Å². The van der Waals surface area contributed by atoms with Crippen LogP contribution in [0.15, 0.2) is 43.0 Å². The van der Waals surface area contributed by atoms with Crippen molar-refractivity contribution in [2.24, 2.45) is 0 Å². The fourth-order valence-corrected chi connectivity index (χ4v) is 1.55. The Morgan fingerprint density at radius 3 is 2.75 bits per heavy atom. The highest BCUT2D eigenvalue weighted by Crippen LogP contribution is 2.12. The van der Waals surface area contributed by atoms with Crippen LogP contribution in [0.4, 0.5) is 0 Å². The minimum absolute atomic E-state index is 0.0372. The Labute approximate surface area is 93.9 Å². The van der Waals surface area contributed by atoms with E-state index >= 15 is 0 Å². The highest BCUT2D eigenvalue weighted by Gasteiger charge is 2.12. The first-order valence-electron chi connectivity index (χ1n) is 5.19. The maximum atomic E-state index is 11.9. The van der Waals surface area contributed by atoms with Crippen LogP contribution in [0, 0.1) is 0 Å². The lowest BCUT2D eigenvalue weighted by molar-refractivity contribution is 0.0964. The minimum atomic E-state index is 0.0372. The summed E-state index contributed by atoms with van der Waals surface area (Å²) in [7, 11) is 0. The van der Waals surface area contributed by atoms with Crippen LogP contribution in [0.5, 0.6) is 0 Å². The first-order valence-corrected chi connectivity index (χ1v) is 5.19. The normalized spacial score (nSPS) is 12.3. The molecule has 2 aromatic rings. The molecule has 0 amide bonds. The lowest BCUT2D eigenvalue weighted by Crippen LogP contribution is -2.11. The van der Waals surface area contributed by atoms with Crippen molar-refractivity contribution in [2.45, 2.75) is 19.4 Å². The largest absolute Gasteiger partial charge is 0.294 e. The number of hydrogen-bond acceptors (Lipinski definition) is 3. The maximum absolute atomic E-state index is 11.9. The van der Waals surface area contributed by atoms with Crippen molar-refractivity contribution in [1.29, 1.82) is 0 Å². The van der Waals surface area contributed by atoms with Gasteiger partial charge in [-0.3, -0.25) is 4.79 Å². The summed E-state index contributed by atoms with van der Waals surface area (Å²) in [6, 6.07) is 9.33. The van der Waals surface area contributed by atoms with Crippen LogP contribution in [0.3, 0.4) is 0 Å². The molecule has 1 heterocycles. The quantitative estimate of drug-likeness (QED) is 0.734. The molecule has 0 spiro atoms. The van der Waals surface area contributed by atoms with Gasteiger partial charge in [0.15, 0.2) is 5.78 Å². The lowest BCUT2D eigenvalue weighted by atomic mass is 10.1. The molecule has 16 heavy (non-hydrogen) atoms. The molecule has 0 aliphatic carbocycles. The number of hydrogen-bond donors (Lipinski definition) is 0. The third kappa shape index (κ3) is 2.34. The predicted molar refractivity (Wildman–Crippen MR) is 60.1 cm³/mol. The van der Waals surface area contributed by atoms with Crippen molar-refractivity contribution in [3.05, 3.63) is 48.5 Å². The van der Waals surface area contributed by atoms with E-state index < -0.39 is 0 Å². The molecule has 0 fully saturated rings. The Hall–Kier alpha value is -1.97. The van der Waals surface area contributed by atoms with Crippen molar-refractivity contribution in [2.75, 3.05) is 0 Å². The summed E-state index contributed by atoms with van der Waals surface area (Å²) < 4.78 is 1.70. The van der Waals surface area contributed by atoms with Crippen molar-refractivity contribution in [3.8, 4) is 0 Å². The monoisotopic (exact) mass is 215 g/mol. The van der Waals surface area contributed by atoms with Crippen molar-refractivity contribution >= 4 is 5.78 Å². The third-order valence-electron chi connectivity index (χ3n) is 2.46. The standard InChI is InChI=1S/C12H13N3O/c1-10(15-9-13-8-14-15)7-12(16)11-5-3-2-4-6-11/h2-6,8-10H,7H2,1H3. The Kier molecular flexibility index (Phi) is 3.10. The number of carbonyl (C=O) groups is 1. The molecule has 1 atom stereocenters. The fraction of sp³-hybridized carbons (Fsp3) is 0.250. The number of benzene rings is 1. The molecule has 1 aromatic carbocycles. The summed E-state index contributed by atoms with van der Waals surface area (Å²) in [6.07, 6.45) is 3.54. The Morgan fingerprint density at radius 1 is 1.38 bits per heavy atom. The molecule has 0 N–H and O–H groups in total. The summed E-state index contributed by atoms with van der Waals surface area (Å²) >= 11 is 0. The molecule has 1 aromatic heterocycles. The van der Waals surface area contributed by atoms with E-state index in [0.717, 1.165) is 5.56 Å². The average molecular weight is 215 g/mol. The van der Waals surface area contributed by atoms with E-state index in [-0.39, 0.29) is 11.8 Å². The topological polar surface area (TPSA) is 47.8 Å². The number of ketones is 1. The Morgan fingerprint density at radius 2 is 2.12 bits per heavy atom. The molecule has 0 bridgehead atoms. The molecule has 2 rings (SSSR count). The van der Waals surface area contributed by atoms with Crippen LogP contribution in [-0.2, 0) is 0 Å². The van der Waals surface area contributed by atoms with Crippen molar-refractivity contribution in [3.63, 3.8) is 0 Å². The van der Waals surface area contributed by atoms with E-state index in [1.54, 1.807) is 11.0 Å². The SMILES string of the molecule is CC(CC(=O)c1ccccc1)n1cncn1. The predicted octanol–water partition coefficient (Wildman–Crippen LogP) is 2.11. The highest BCUT2D eigenvalue weighted by molar-refractivity contribution is 5.96. The van der Waals surface area contributed by atoms with E-state index in [1.165, 1.54) is 6.33 Å². The van der Waals surface area contributed by atoms with Crippen LogP contribution >= 0.6 is 0 Å². The Balaban J connectivity index is 2.03. The van der Waals surface area contributed by atoms with E-state index in [1.807, 2.05) is 37.3 Å². The van der Waals surface area contributed by atoms with Gasteiger partial charge in [0.2, 0.25) is 0 Å². The van der Waals surface area contributed by atoms with Gasteiger partial charge in [-0.05, 0) is 6.92 Å². The molecule has 0 radical (unpaired) electrons. The zero-order valence-electron chi connectivity index (χ0n) is 9.08. The van der Waals surface area contributed by atoms with Gasteiger partial charge >= 0.3 is 0 Å². The van der Waals surface area contributed by atoms with Crippen LogP contribution in [0.25, 0.3) is 0 Å². The van der Waals surface area contributed by atoms with Gasteiger partial charge in [-0.2, -0.15) is 5.10 Å². The van der Waals surface area contributed by atoms with Gasteiger partial charge in [-0.15, -0.1) is 0 Å². The molecule has 0 aliphatic heterocycles. The van der Waals surface area contributed by atoms with Crippen LogP contribution in [-0.4, -0.2) is 20.5 Å². The fourth-order valence-electron chi connectivity index (χ4n) is 1.55. The zero-order valence-corrected chi connectivity index (χ0v) is 9.08. The molecule has 0 saturated carbocycles. The van der Waals surface area contributed by atoms with E-state index in [0.29, 0.717) is 6.42 Å². The number of carbonyl (C=O) groups excluding carboxylic acids is 1. The van der Waals surface area contributed by atoms with E-state index in [2.05, 4.69) is 10.1 Å². The van der Waals surface area contributed by atoms with Crippen LogP contribution in [0.1, 0.15) is 29.7 Å². The van der Waals surface area contributed by atoms with Gasteiger partial charge < -0.3 is 0 Å². The molecular weight excluding hydrogens is 202 g/mol. The summed E-state index contributed by atoms with van der Waals surface area (Å²) in [4.78, 5) is 15.8. The van der Waals surface area contributed by atoms with E-state index in [4.69, 9.17) is 0 Å². The highest BCUT2D eigenvalue weighted by atomic mass is 16.1. The van der Waals surface area contributed by atoms with Gasteiger partial charge in [0, 0.05) is 12.0 Å². The summed E-state index contributed by atoms with van der Waals surface area (Å²) in [5.41, 5.74) is 0.745. The molecular formula is C12H13N3O. The number of Topliss-reactive ketones (excluding diaryl/α,β-unsaturated/α-hetero) is 1.